The van der Waals surface area contributed by atoms with Crippen LogP contribution in [0, 0.1) is 5.92 Å². The summed E-state index contributed by atoms with van der Waals surface area (Å²) in [6, 6.07) is 6.04. The van der Waals surface area contributed by atoms with Crippen LogP contribution in [0.1, 0.15) is 12.8 Å². The molecule has 28 heavy (non-hydrogen) atoms. The fraction of sp³-hybridized carbons (Fsp3) is 0.400. The summed E-state index contributed by atoms with van der Waals surface area (Å²) < 4.78 is 1.80. The first-order valence-corrected chi connectivity index (χ1v) is 9.73. The van der Waals surface area contributed by atoms with Crippen molar-refractivity contribution < 1.29 is 0 Å². The number of aryl methyl sites for hydroxylation is 1. The molecule has 4 heterocycles. The Hall–Kier alpha value is -3.00. The Morgan fingerprint density at radius 3 is 2.82 bits per heavy atom. The van der Waals surface area contributed by atoms with Crippen LogP contribution < -0.4 is 5.32 Å². The topological polar surface area (TPSA) is 87.6 Å². The molecule has 2 N–H and O–H groups in total. The first-order valence-electron chi connectivity index (χ1n) is 9.73. The fourth-order valence-corrected chi connectivity index (χ4v) is 3.95. The molecule has 0 amide bonds. The van der Waals surface area contributed by atoms with E-state index in [2.05, 4.69) is 32.6 Å². The highest BCUT2D eigenvalue weighted by atomic mass is 15.3. The van der Waals surface area contributed by atoms with E-state index in [0.29, 0.717) is 11.7 Å². The van der Waals surface area contributed by atoms with Crippen LogP contribution in [0.4, 0.5) is 5.82 Å². The Morgan fingerprint density at radius 1 is 1.11 bits per heavy atom. The van der Waals surface area contributed by atoms with E-state index in [1.165, 1.54) is 12.8 Å². The summed E-state index contributed by atoms with van der Waals surface area (Å²) in [5.41, 5.74) is 2.78. The van der Waals surface area contributed by atoms with Crippen molar-refractivity contribution in [2.45, 2.75) is 12.8 Å². The van der Waals surface area contributed by atoms with Crippen molar-refractivity contribution >= 4 is 27.8 Å². The third-order valence-corrected chi connectivity index (χ3v) is 5.71. The first kappa shape index (κ1) is 17.1. The standard InChI is InChI=1S/C20H24N8/c1-27-8-6-13(7-9-27)10-21-18-16-12-23-28(2)20(16)25-19(24-18)14-4-3-5-17-15(14)11-22-26-17/h3-5,11-13H,6-10H2,1-2H3,(H,22,26)(H,21,24,25). The van der Waals surface area contributed by atoms with Crippen molar-refractivity contribution in [2.24, 2.45) is 13.0 Å². The van der Waals surface area contributed by atoms with Gasteiger partial charge in [-0.05, 0) is 45.0 Å². The number of nitrogens with one attached hydrogen (secondary N) is 2. The van der Waals surface area contributed by atoms with Crippen LogP contribution in [0.25, 0.3) is 33.3 Å². The maximum absolute atomic E-state index is 4.89. The number of nitrogens with zero attached hydrogens (tertiary/aromatic N) is 6. The lowest BCUT2D eigenvalue weighted by Gasteiger charge is -2.29. The summed E-state index contributed by atoms with van der Waals surface area (Å²) in [6.07, 6.45) is 6.10. The summed E-state index contributed by atoms with van der Waals surface area (Å²) in [5, 5.41) is 17.1. The van der Waals surface area contributed by atoms with E-state index in [9.17, 15) is 0 Å². The van der Waals surface area contributed by atoms with Crippen LogP contribution in [-0.4, -0.2) is 61.5 Å². The van der Waals surface area contributed by atoms with Crippen molar-refractivity contribution in [1.29, 1.82) is 0 Å². The van der Waals surface area contributed by atoms with Gasteiger partial charge in [0.1, 0.15) is 5.82 Å². The Balaban J connectivity index is 1.52. The molecule has 0 spiro atoms. The smallest absolute Gasteiger partial charge is 0.164 e. The zero-order valence-electron chi connectivity index (χ0n) is 16.2. The molecule has 1 fully saturated rings. The minimum absolute atomic E-state index is 0.665. The zero-order chi connectivity index (χ0) is 19.1. The van der Waals surface area contributed by atoms with E-state index < -0.39 is 0 Å². The second kappa shape index (κ2) is 6.87. The lowest BCUT2D eigenvalue weighted by molar-refractivity contribution is 0.226. The highest BCUT2D eigenvalue weighted by molar-refractivity contribution is 5.95. The van der Waals surface area contributed by atoms with Gasteiger partial charge in [-0.2, -0.15) is 10.2 Å². The lowest BCUT2D eigenvalue weighted by atomic mass is 9.97. The molecule has 8 nitrogen and oxygen atoms in total. The van der Waals surface area contributed by atoms with E-state index in [-0.39, 0.29) is 0 Å². The minimum Gasteiger partial charge on any atom is -0.369 e. The number of benzene rings is 1. The van der Waals surface area contributed by atoms with Gasteiger partial charge in [-0.1, -0.05) is 12.1 Å². The SMILES string of the molecule is CN1CCC(CNc2nc(-c3cccc4[nH]ncc34)nc3c2cnn3C)CC1. The summed E-state index contributed by atoms with van der Waals surface area (Å²) in [7, 11) is 4.11. The Morgan fingerprint density at radius 2 is 1.96 bits per heavy atom. The van der Waals surface area contributed by atoms with Crippen molar-refractivity contribution in [3.8, 4) is 11.4 Å². The number of rotatable bonds is 4. The molecule has 1 saturated heterocycles. The molecule has 4 aromatic rings. The lowest BCUT2D eigenvalue weighted by Crippen LogP contribution is -2.33. The van der Waals surface area contributed by atoms with Gasteiger partial charge in [0.15, 0.2) is 11.5 Å². The number of aromatic nitrogens is 6. The molecule has 0 radical (unpaired) electrons. The van der Waals surface area contributed by atoms with Gasteiger partial charge in [0, 0.05) is 24.5 Å². The van der Waals surface area contributed by atoms with Gasteiger partial charge in [-0.15, -0.1) is 0 Å². The van der Waals surface area contributed by atoms with Gasteiger partial charge in [0.2, 0.25) is 0 Å². The number of piperidine rings is 1. The van der Waals surface area contributed by atoms with Gasteiger partial charge in [-0.25, -0.2) is 9.97 Å². The molecular formula is C20H24N8. The average molecular weight is 376 g/mol. The molecule has 0 unspecified atom stereocenters. The highest BCUT2D eigenvalue weighted by Gasteiger charge is 2.19. The van der Waals surface area contributed by atoms with Crippen molar-refractivity contribution in [2.75, 3.05) is 32.0 Å². The average Bonchev–Trinajstić information content (AvgIpc) is 3.34. The van der Waals surface area contributed by atoms with Crippen LogP contribution in [0.5, 0.6) is 0 Å². The van der Waals surface area contributed by atoms with Gasteiger partial charge >= 0.3 is 0 Å². The number of likely N-dealkylation sites (tertiary alicyclic amines) is 1. The van der Waals surface area contributed by atoms with Crippen molar-refractivity contribution in [3.63, 3.8) is 0 Å². The third-order valence-electron chi connectivity index (χ3n) is 5.71. The van der Waals surface area contributed by atoms with Gasteiger partial charge in [0.05, 0.1) is 23.3 Å². The second-order valence-electron chi connectivity index (χ2n) is 7.67. The number of aromatic amines is 1. The molecule has 5 rings (SSSR count). The fourth-order valence-electron chi connectivity index (χ4n) is 3.95. The second-order valence-corrected chi connectivity index (χ2v) is 7.67. The summed E-state index contributed by atoms with van der Waals surface area (Å²) in [4.78, 5) is 12.1. The van der Waals surface area contributed by atoms with Crippen LogP contribution in [0.2, 0.25) is 0 Å². The van der Waals surface area contributed by atoms with Crippen molar-refractivity contribution in [3.05, 3.63) is 30.6 Å². The molecule has 1 aromatic carbocycles. The largest absolute Gasteiger partial charge is 0.369 e. The molecule has 1 aliphatic heterocycles. The maximum Gasteiger partial charge on any atom is 0.164 e. The number of hydrogen-bond acceptors (Lipinski definition) is 6. The number of hydrogen-bond donors (Lipinski definition) is 2. The van der Waals surface area contributed by atoms with E-state index in [0.717, 1.165) is 53.0 Å². The highest BCUT2D eigenvalue weighted by Crippen LogP contribution is 2.29. The van der Waals surface area contributed by atoms with E-state index in [1.54, 1.807) is 4.68 Å². The van der Waals surface area contributed by atoms with E-state index in [4.69, 9.17) is 9.97 Å². The Bertz CT molecular complexity index is 1120. The van der Waals surface area contributed by atoms with E-state index >= 15 is 0 Å². The van der Waals surface area contributed by atoms with Crippen LogP contribution in [-0.2, 0) is 7.05 Å². The monoisotopic (exact) mass is 376 g/mol. The molecular weight excluding hydrogens is 352 g/mol. The zero-order valence-corrected chi connectivity index (χ0v) is 16.2. The maximum atomic E-state index is 4.89. The summed E-state index contributed by atoms with van der Waals surface area (Å²) >= 11 is 0. The molecule has 8 heteroatoms. The Labute approximate surface area is 163 Å². The van der Waals surface area contributed by atoms with Gasteiger partial charge in [0.25, 0.3) is 0 Å². The van der Waals surface area contributed by atoms with E-state index in [1.807, 2.05) is 37.6 Å². The molecule has 0 bridgehead atoms. The molecule has 0 saturated carbocycles. The molecule has 0 aliphatic carbocycles. The molecule has 0 atom stereocenters. The number of fused-ring (bicyclic) bond motifs is 2. The molecule has 3 aromatic heterocycles. The predicted octanol–water partition coefficient (Wildman–Crippen LogP) is 2.66. The first-order chi connectivity index (χ1) is 13.7. The summed E-state index contributed by atoms with van der Waals surface area (Å²) in [5.74, 6) is 2.21. The van der Waals surface area contributed by atoms with Crippen LogP contribution in [0.3, 0.4) is 0 Å². The number of anilines is 1. The summed E-state index contributed by atoms with van der Waals surface area (Å²) in [6.45, 7) is 3.24. The molecule has 144 valence electrons. The predicted molar refractivity (Wildman–Crippen MR) is 110 cm³/mol. The Kier molecular flexibility index (Phi) is 4.20. The minimum atomic E-state index is 0.665. The number of H-pyrrole nitrogens is 1. The molecule has 1 aliphatic rings. The van der Waals surface area contributed by atoms with Crippen LogP contribution >= 0.6 is 0 Å². The quantitative estimate of drug-likeness (QED) is 0.569. The van der Waals surface area contributed by atoms with Crippen LogP contribution in [0.15, 0.2) is 30.6 Å². The van der Waals surface area contributed by atoms with Gasteiger partial charge < -0.3 is 10.2 Å². The van der Waals surface area contributed by atoms with Gasteiger partial charge in [-0.3, -0.25) is 9.78 Å². The normalized spacial score (nSPS) is 16.2. The van der Waals surface area contributed by atoms with Crippen molar-refractivity contribution in [1.82, 2.24) is 34.8 Å². The third kappa shape index (κ3) is 2.99.